The summed E-state index contributed by atoms with van der Waals surface area (Å²) in [4.78, 5) is 0. The molecule has 114 valence electrons. The van der Waals surface area contributed by atoms with Gasteiger partial charge in [0.25, 0.3) is 0 Å². The minimum atomic E-state index is -0.733. The van der Waals surface area contributed by atoms with E-state index in [2.05, 4.69) is 27.7 Å². The van der Waals surface area contributed by atoms with Crippen LogP contribution < -0.4 is 4.74 Å². The summed E-state index contributed by atoms with van der Waals surface area (Å²) < 4.78 is 17.4. The number of hydrogen-bond donors (Lipinski definition) is 0. The highest BCUT2D eigenvalue weighted by atomic mass is 16.7. The van der Waals surface area contributed by atoms with Crippen LogP contribution in [0.5, 0.6) is 5.75 Å². The van der Waals surface area contributed by atoms with Crippen molar-refractivity contribution in [2.75, 3.05) is 20.3 Å². The molecule has 0 amide bonds. The third kappa shape index (κ3) is 5.14. The van der Waals surface area contributed by atoms with Crippen LogP contribution in [0.25, 0.3) is 0 Å². The molecule has 0 unspecified atom stereocenters. The van der Waals surface area contributed by atoms with Crippen molar-refractivity contribution in [1.82, 2.24) is 0 Å². The molecule has 0 spiro atoms. The van der Waals surface area contributed by atoms with Crippen molar-refractivity contribution >= 4 is 0 Å². The highest BCUT2D eigenvalue weighted by Gasteiger charge is 2.29. The summed E-state index contributed by atoms with van der Waals surface area (Å²) in [5, 5.41) is 0. The van der Waals surface area contributed by atoms with E-state index in [-0.39, 0.29) is 0 Å². The number of benzene rings is 1. The molecule has 0 fully saturated rings. The second-order valence-electron chi connectivity index (χ2n) is 6.09. The molecule has 3 nitrogen and oxygen atoms in total. The molecule has 3 heteroatoms. The van der Waals surface area contributed by atoms with E-state index >= 15 is 0 Å². The smallest absolute Gasteiger partial charge is 0.192 e. The van der Waals surface area contributed by atoms with Gasteiger partial charge in [0.05, 0.1) is 20.3 Å². The molecule has 0 aliphatic heterocycles. The minimum Gasteiger partial charge on any atom is -0.497 e. The number of hydrogen-bond acceptors (Lipinski definition) is 3. The van der Waals surface area contributed by atoms with Gasteiger partial charge in [0, 0.05) is 5.56 Å². The Kier molecular flexibility index (Phi) is 6.50. The molecular weight excluding hydrogens is 252 g/mol. The first-order valence-electron chi connectivity index (χ1n) is 7.30. The lowest BCUT2D eigenvalue weighted by molar-refractivity contribution is -0.243. The maximum absolute atomic E-state index is 6.05. The second kappa shape index (κ2) is 7.65. The van der Waals surface area contributed by atoms with Gasteiger partial charge in [0.15, 0.2) is 5.79 Å². The summed E-state index contributed by atoms with van der Waals surface area (Å²) in [6, 6.07) is 7.88. The standard InChI is InChI=1S/C17H28O3/c1-13(2)11-19-17(5,20-12-14(3)4)15-8-7-9-16(10-15)18-6/h7-10,13-14H,11-12H2,1-6H3. The maximum atomic E-state index is 6.05. The molecule has 0 aromatic heterocycles. The van der Waals surface area contributed by atoms with Crippen molar-refractivity contribution in [3.8, 4) is 5.75 Å². The van der Waals surface area contributed by atoms with Gasteiger partial charge in [0.1, 0.15) is 5.75 Å². The van der Waals surface area contributed by atoms with Crippen LogP contribution in [0.4, 0.5) is 0 Å². The van der Waals surface area contributed by atoms with Gasteiger partial charge in [-0.15, -0.1) is 0 Å². The van der Waals surface area contributed by atoms with E-state index in [1.807, 2.05) is 31.2 Å². The summed E-state index contributed by atoms with van der Waals surface area (Å²) in [6.07, 6.45) is 0. The summed E-state index contributed by atoms with van der Waals surface area (Å²) in [5.74, 6) is 1.00. The molecule has 0 aliphatic rings. The zero-order chi connectivity index (χ0) is 15.2. The molecule has 20 heavy (non-hydrogen) atoms. The normalized spacial score (nSPS) is 12.2. The van der Waals surface area contributed by atoms with E-state index < -0.39 is 5.79 Å². The first kappa shape index (κ1) is 17.0. The molecule has 1 aromatic rings. The Bertz CT molecular complexity index is 387. The van der Waals surface area contributed by atoms with Gasteiger partial charge in [-0.2, -0.15) is 0 Å². The Hall–Kier alpha value is -1.06. The summed E-state index contributed by atoms with van der Waals surface area (Å²) in [5.41, 5.74) is 0.984. The van der Waals surface area contributed by atoms with Gasteiger partial charge in [-0.3, -0.25) is 0 Å². The van der Waals surface area contributed by atoms with Crippen molar-refractivity contribution in [2.45, 2.75) is 40.4 Å². The van der Waals surface area contributed by atoms with Crippen LogP contribution in [0.3, 0.4) is 0 Å². The summed E-state index contributed by atoms with van der Waals surface area (Å²) in [7, 11) is 1.67. The van der Waals surface area contributed by atoms with Gasteiger partial charge in [-0.25, -0.2) is 0 Å². The molecule has 0 N–H and O–H groups in total. The molecule has 0 saturated carbocycles. The Morgan fingerprint density at radius 1 is 1.00 bits per heavy atom. The Balaban J connectivity index is 2.94. The maximum Gasteiger partial charge on any atom is 0.192 e. The van der Waals surface area contributed by atoms with Gasteiger partial charge < -0.3 is 14.2 Å². The van der Waals surface area contributed by atoms with Crippen molar-refractivity contribution in [1.29, 1.82) is 0 Å². The van der Waals surface area contributed by atoms with E-state index in [0.717, 1.165) is 11.3 Å². The SMILES string of the molecule is COc1cccc(C(C)(OCC(C)C)OCC(C)C)c1. The molecule has 0 atom stereocenters. The largest absolute Gasteiger partial charge is 0.497 e. The molecule has 0 saturated heterocycles. The highest BCUT2D eigenvalue weighted by Crippen LogP contribution is 2.30. The van der Waals surface area contributed by atoms with E-state index in [1.165, 1.54) is 0 Å². The summed E-state index contributed by atoms with van der Waals surface area (Å²) >= 11 is 0. The Labute approximate surface area is 123 Å². The van der Waals surface area contributed by atoms with Gasteiger partial charge >= 0.3 is 0 Å². The molecule has 0 aliphatic carbocycles. The van der Waals surface area contributed by atoms with Crippen LogP contribution in [0, 0.1) is 11.8 Å². The monoisotopic (exact) mass is 280 g/mol. The third-order valence-corrected chi connectivity index (χ3v) is 2.98. The fourth-order valence-electron chi connectivity index (χ4n) is 1.77. The Morgan fingerprint density at radius 3 is 2.00 bits per heavy atom. The first-order chi connectivity index (χ1) is 9.37. The van der Waals surface area contributed by atoms with Crippen LogP contribution in [0.15, 0.2) is 24.3 Å². The fourth-order valence-corrected chi connectivity index (χ4v) is 1.77. The topological polar surface area (TPSA) is 27.7 Å². The van der Waals surface area contributed by atoms with E-state index in [0.29, 0.717) is 25.0 Å². The van der Waals surface area contributed by atoms with Crippen LogP contribution in [-0.4, -0.2) is 20.3 Å². The first-order valence-corrected chi connectivity index (χ1v) is 7.30. The fraction of sp³-hybridized carbons (Fsp3) is 0.647. The molecular formula is C17H28O3. The predicted molar refractivity (Wildman–Crippen MR) is 81.9 cm³/mol. The predicted octanol–water partition coefficient (Wildman–Crippen LogP) is 4.21. The number of methoxy groups -OCH3 is 1. The lowest BCUT2D eigenvalue weighted by atomic mass is 10.1. The Morgan fingerprint density at radius 2 is 1.55 bits per heavy atom. The lowest BCUT2D eigenvalue weighted by Crippen LogP contribution is -2.32. The van der Waals surface area contributed by atoms with E-state index in [9.17, 15) is 0 Å². The molecule has 1 aromatic carbocycles. The average Bonchev–Trinajstić information content (AvgIpc) is 2.43. The van der Waals surface area contributed by atoms with E-state index in [1.54, 1.807) is 7.11 Å². The van der Waals surface area contributed by atoms with Crippen LogP contribution in [0.2, 0.25) is 0 Å². The molecule has 0 heterocycles. The van der Waals surface area contributed by atoms with Crippen molar-refractivity contribution < 1.29 is 14.2 Å². The second-order valence-corrected chi connectivity index (χ2v) is 6.09. The molecule has 1 rings (SSSR count). The zero-order valence-corrected chi connectivity index (χ0v) is 13.6. The summed E-state index contributed by atoms with van der Waals surface area (Å²) in [6.45, 7) is 11.8. The minimum absolute atomic E-state index is 0.461. The highest BCUT2D eigenvalue weighted by molar-refractivity contribution is 5.31. The molecule has 0 bridgehead atoms. The number of ether oxygens (including phenoxy) is 3. The van der Waals surface area contributed by atoms with Gasteiger partial charge in [-0.05, 0) is 30.9 Å². The van der Waals surface area contributed by atoms with E-state index in [4.69, 9.17) is 14.2 Å². The van der Waals surface area contributed by atoms with Crippen LogP contribution in [0.1, 0.15) is 40.2 Å². The third-order valence-electron chi connectivity index (χ3n) is 2.98. The van der Waals surface area contributed by atoms with Crippen LogP contribution >= 0.6 is 0 Å². The van der Waals surface area contributed by atoms with Gasteiger partial charge in [0.2, 0.25) is 0 Å². The average molecular weight is 280 g/mol. The quantitative estimate of drug-likeness (QED) is 0.667. The van der Waals surface area contributed by atoms with Gasteiger partial charge in [-0.1, -0.05) is 39.8 Å². The van der Waals surface area contributed by atoms with Crippen molar-refractivity contribution in [2.24, 2.45) is 11.8 Å². The number of rotatable bonds is 8. The van der Waals surface area contributed by atoms with Crippen molar-refractivity contribution in [3.63, 3.8) is 0 Å². The zero-order valence-electron chi connectivity index (χ0n) is 13.6. The van der Waals surface area contributed by atoms with Crippen molar-refractivity contribution in [3.05, 3.63) is 29.8 Å². The lowest BCUT2D eigenvalue weighted by Gasteiger charge is -2.32. The van der Waals surface area contributed by atoms with Crippen LogP contribution in [-0.2, 0) is 15.3 Å². The molecule has 0 radical (unpaired) electrons.